The Bertz CT molecular complexity index is 1320. The predicted molar refractivity (Wildman–Crippen MR) is 130 cm³/mol. The van der Waals surface area contributed by atoms with Crippen LogP contribution in [-0.2, 0) is 13.2 Å². The van der Waals surface area contributed by atoms with E-state index in [-0.39, 0.29) is 5.91 Å². The van der Waals surface area contributed by atoms with Gasteiger partial charge in [0.2, 0.25) is 0 Å². The molecule has 34 heavy (non-hydrogen) atoms. The lowest BCUT2D eigenvalue weighted by molar-refractivity contribution is 0.0784. The highest BCUT2D eigenvalue weighted by molar-refractivity contribution is 5.94. The minimum Gasteiger partial charge on any atom is -0.489 e. The van der Waals surface area contributed by atoms with Gasteiger partial charge in [0.25, 0.3) is 5.91 Å². The van der Waals surface area contributed by atoms with Crippen LogP contribution in [0, 0.1) is 34.6 Å². The van der Waals surface area contributed by atoms with E-state index in [1.165, 1.54) is 0 Å². The Morgan fingerprint density at radius 1 is 1.00 bits per heavy atom. The average Bonchev–Trinajstić information content (AvgIpc) is 3.29. The molecule has 4 rings (SSSR count). The van der Waals surface area contributed by atoms with Crippen LogP contribution in [0.25, 0.3) is 5.69 Å². The molecule has 0 unspecified atom stereocenters. The molecule has 0 atom stereocenters. The molecule has 0 aliphatic rings. The summed E-state index contributed by atoms with van der Waals surface area (Å²) in [6.07, 6.45) is 0. The van der Waals surface area contributed by atoms with Crippen LogP contribution in [0.1, 0.15) is 49.9 Å². The van der Waals surface area contributed by atoms with Gasteiger partial charge in [-0.05, 0) is 64.4 Å². The summed E-state index contributed by atoms with van der Waals surface area (Å²) in [5.74, 6) is 1.28. The van der Waals surface area contributed by atoms with Crippen LogP contribution in [-0.4, -0.2) is 32.8 Å². The van der Waals surface area contributed by atoms with Crippen LogP contribution in [0.2, 0.25) is 0 Å². The summed E-state index contributed by atoms with van der Waals surface area (Å²) in [6, 6.07) is 15.4. The first-order valence-electron chi connectivity index (χ1n) is 11.3. The molecule has 2 heterocycles. The van der Waals surface area contributed by atoms with Crippen molar-refractivity contribution in [2.45, 2.75) is 47.8 Å². The van der Waals surface area contributed by atoms with Gasteiger partial charge in [0.15, 0.2) is 0 Å². The molecule has 0 fully saturated rings. The zero-order chi connectivity index (χ0) is 24.4. The first kappa shape index (κ1) is 23.3. The summed E-state index contributed by atoms with van der Waals surface area (Å²) in [5.41, 5.74) is 7.49. The minimum absolute atomic E-state index is 0.0785. The molecule has 0 saturated heterocycles. The third kappa shape index (κ3) is 4.59. The van der Waals surface area contributed by atoms with Crippen molar-refractivity contribution in [2.24, 2.45) is 0 Å². The average molecular weight is 459 g/mol. The summed E-state index contributed by atoms with van der Waals surface area (Å²) in [7, 11) is 1.81. The van der Waals surface area contributed by atoms with E-state index in [4.69, 9.17) is 14.4 Å². The molecule has 1 amide bonds. The predicted octanol–water partition coefficient (Wildman–Crippen LogP) is 5.25. The fourth-order valence-corrected chi connectivity index (χ4v) is 4.05. The van der Waals surface area contributed by atoms with Crippen molar-refractivity contribution < 1.29 is 14.1 Å². The van der Waals surface area contributed by atoms with Gasteiger partial charge >= 0.3 is 0 Å². The third-order valence-corrected chi connectivity index (χ3v) is 6.17. The Hall–Kier alpha value is -3.87. The molecule has 0 bridgehead atoms. The number of aryl methyl sites for hydroxylation is 4. The molecule has 0 N–H and O–H groups in total. The molecule has 0 saturated carbocycles. The van der Waals surface area contributed by atoms with Gasteiger partial charge < -0.3 is 14.2 Å². The zero-order valence-electron chi connectivity index (χ0n) is 20.5. The summed E-state index contributed by atoms with van der Waals surface area (Å²) in [6.45, 7) is 10.6. The topological polar surface area (TPSA) is 73.4 Å². The van der Waals surface area contributed by atoms with Gasteiger partial charge in [0.1, 0.15) is 18.1 Å². The highest BCUT2D eigenvalue weighted by Crippen LogP contribution is 2.23. The van der Waals surface area contributed by atoms with E-state index < -0.39 is 0 Å². The van der Waals surface area contributed by atoms with E-state index in [0.717, 1.165) is 45.2 Å². The normalized spacial score (nSPS) is 11.0. The van der Waals surface area contributed by atoms with Crippen molar-refractivity contribution in [1.82, 2.24) is 19.8 Å². The standard InChI is InChI=1S/C27H30N4O3/c1-17-10-7-8-13-26(17)31-20(4)24(18(2)28-31)15-30(6)27(32)22-11-9-12-23(14-22)33-16-25-19(3)29-34-21(25)5/h7-14H,15-16H2,1-6H3. The van der Waals surface area contributed by atoms with Crippen molar-refractivity contribution in [3.05, 3.63) is 93.6 Å². The second kappa shape index (κ2) is 9.55. The van der Waals surface area contributed by atoms with E-state index in [1.807, 2.05) is 63.7 Å². The second-order valence-corrected chi connectivity index (χ2v) is 8.63. The number of benzene rings is 2. The van der Waals surface area contributed by atoms with Crippen molar-refractivity contribution in [3.8, 4) is 11.4 Å². The zero-order valence-corrected chi connectivity index (χ0v) is 20.5. The lowest BCUT2D eigenvalue weighted by Crippen LogP contribution is -2.26. The smallest absolute Gasteiger partial charge is 0.254 e. The maximum Gasteiger partial charge on any atom is 0.254 e. The summed E-state index contributed by atoms with van der Waals surface area (Å²) >= 11 is 0. The number of para-hydroxylation sites is 1. The number of nitrogens with zero attached hydrogens (tertiary/aromatic N) is 4. The lowest BCUT2D eigenvalue weighted by atomic mass is 10.1. The van der Waals surface area contributed by atoms with Gasteiger partial charge in [0.05, 0.1) is 22.6 Å². The van der Waals surface area contributed by atoms with Crippen LogP contribution in [0.3, 0.4) is 0 Å². The van der Waals surface area contributed by atoms with Gasteiger partial charge in [-0.3, -0.25) is 4.79 Å². The first-order valence-corrected chi connectivity index (χ1v) is 11.3. The Morgan fingerprint density at radius 2 is 1.76 bits per heavy atom. The van der Waals surface area contributed by atoms with Crippen LogP contribution in [0.5, 0.6) is 5.75 Å². The molecule has 2 aromatic carbocycles. The number of aromatic nitrogens is 3. The molecule has 0 radical (unpaired) electrons. The quantitative estimate of drug-likeness (QED) is 0.378. The molecule has 0 spiro atoms. The molecule has 7 heteroatoms. The van der Waals surface area contributed by atoms with Crippen molar-refractivity contribution in [2.75, 3.05) is 7.05 Å². The number of hydrogen-bond donors (Lipinski definition) is 0. The van der Waals surface area contributed by atoms with E-state index in [1.54, 1.807) is 17.0 Å². The first-order chi connectivity index (χ1) is 16.3. The summed E-state index contributed by atoms with van der Waals surface area (Å²) < 4.78 is 13.1. The van der Waals surface area contributed by atoms with Crippen LogP contribution < -0.4 is 4.74 Å². The van der Waals surface area contributed by atoms with Crippen LogP contribution in [0.4, 0.5) is 0 Å². The Kier molecular flexibility index (Phi) is 6.54. The highest BCUT2D eigenvalue weighted by Gasteiger charge is 2.19. The molecular formula is C27H30N4O3. The maximum absolute atomic E-state index is 13.2. The number of carbonyl (C=O) groups excluding carboxylic acids is 1. The van der Waals surface area contributed by atoms with E-state index in [9.17, 15) is 4.79 Å². The van der Waals surface area contributed by atoms with Gasteiger partial charge in [-0.25, -0.2) is 4.68 Å². The van der Waals surface area contributed by atoms with Gasteiger partial charge in [-0.2, -0.15) is 5.10 Å². The highest BCUT2D eigenvalue weighted by atomic mass is 16.5. The molecule has 7 nitrogen and oxygen atoms in total. The lowest BCUT2D eigenvalue weighted by Gasteiger charge is -2.18. The van der Waals surface area contributed by atoms with Gasteiger partial charge in [-0.1, -0.05) is 29.4 Å². The monoisotopic (exact) mass is 458 g/mol. The van der Waals surface area contributed by atoms with Gasteiger partial charge in [0, 0.05) is 30.4 Å². The Labute approximate surface area is 199 Å². The number of amides is 1. The Balaban J connectivity index is 1.49. The molecule has 2 aromatic heterocycles. The van der Waals surface area contributed by atoms with E-state index in [2.05, 4.69) is 24.2 Å². The van der Waals surface area contributed by atoms with Crippen LogP contribution in [0.15, 0.2) is 53.1 Å². The summed E-state index contributed by atoms with van der Waals surface area (Å²) in [5, 5.41) is 8.70. The molecule has 0 aliphatic carbocycles. The Morgan fingerprint density at radius 3 is 2.47 bits per heavy atom. The SMILES string of the molecule is Cc1ccccc1-n1nc(C)c(CN(C)C(=O)c2cccc(OCc3c(C)noc3C)c2)c1C. The van der Waals surface area contributed by atoms with Crippen LogP contribution >= 0.6 is 0 Å². The molecular weight excluding hydrogens is 428 g/mol. The maximum atomic E-state index is 13.2. The van der Waals surface area contributed by atoms with E-state index in [0.29, 0.717) is 24.5 Å². The number of carbonyl (C=O) groups is 1. The fourth-order valence-electron chi connectivity index (χ4n) is 4.05. The van der Waals surface area contributed by atoms with Crippen molar-refractivity contribution >= 4 is 5.91 Å². The van der Waals surface area contributed by atoms with Crippen molar-refractivity contribution in [1.29, 1.82) is 0 Å². The van der Waals surface area contributed by atoms with Crippen molar-refractivity contribution in [3.63, 3.8) is 0 Å². The molecule has 4 aromatic rings. The number of hydrogen-bond acceptors (Lipinski definition) is 5. The van der Waals surface area contributed by atoms with E-state index >= 15 is 0 Å². The fraction of sp³-hybridized carbons (Fsp3) is 0.296. The molecule has 176 valence electrons. The minimum atomic E-state index is -0.0785. The largest absolute Gasteiger partial charge is 0.489 e. The number of ether oxygens (including phenoxy) is 1. The van der Waals surface area contributed by atoms with Gasteiger partial charge in [-0.15, -0.1) is 0 Å². The second-order valence-electron chi connectivity index (χ2n) is 8.63. The number of rotatable bonds is 7. The summed E-state index contributed by atoms with van der Waals surface area (Å²) in [4.78, 5) is 14.9. The third-order valence-electron chi connectivity index (χ3n) is 6.17. The molecule has 0 aliphatic heterocycles.